The molecule has 1 fully saturated rings. The Bertz CT molecular complexity index is 357. The van der Waals surface area contributed by atoms with Gasteiger partial charge in [-0.1, -0.05) is 13.8 Å². The highest BCUT2D eigenvalue weighted by molar-refractivity contribution is 8.06. The van der Waals surface area contributed by atoms with Crippen molar-refractivity contribution in [3.63, 3.8) is 0 Å². The molecule has 20 heavy (non-hydrogen) atoms. The van der Waals surface area contributed by atoms with E-state index in [1.807, 2.05) is 23.5 Å². The van der Waals surface area contributed by atoms with E-state index in [0.717, 1.165) is 24.5 Å². The van der Waals surface area contributed by atoms with E-state index in [0.29, 0.717) is 24.4 Å². The molecule has 0 saturated carbocycles. The molecule has 1 rings (SSSR count). The van der Waals surface area contributed by atoms with Gasteiger partial charge in [-0.3, -0.25) is 0 Å². The standard InChI is InChI=1S/C12H27N3O2S3/c1-11(2)13-5-4-6-15(3)20(16,17)14-9-12-10-18-7-8-19-12/h11-14H,4-10H2,1-3H3. The molecule has 0 aromatic rings. The molecule has 2 N–H and O–H groups in total. The molecule has 8 heteroatoms. The summed E-state index contributed by atoms with van der Waals surface area (Å²) in [5.41, 5.74) is 0. The molecule has 0 aromatic carbocycles. The zero-order valence-corrected chi connectivity index (χ0v) is 15.0. The normalized spacial score (nSPS) is 20.8. The van der Waals surface area contributed by atoms with Gasteiger partial charge in [-0.05, 0) is 13.0 Å². The van der Waals surface area contributed by atoms with Gasteiger partial charge >= 0.3 is 0 Å². The fourth-order valence-corrected chi connectivity index (χ4v) is 5.49. The summed E-state index contributed by atoms with van der Waals surface area (Å²) < 4.78 is 28.3. The molecule has 120 valence electrons. The number of nitrogens with one attached hydrogen (secondary N) is 2. The molecule has 0 spiro atoms. The van der Waals surface area contributed by atoms with Crippen LogP contribution in [0.3, 0.4) is 0 Å². The van der Waals surface area contributed by atoms with Gasteiger partial charge in [0.05, 0.1) is 0 Å². The van der Waals surface area contributed by atoms with E-state index in [1.165, 1.54) is 10.1 Å². The number of hydrogen-bond donors (Lipinski definition) is 2. The van der Waals surface area contributed by atoms with Crippen LogP contribution in [-0.2, 0) is 10.2 Å². The molecule has 5 nitrogen and oxygen atoms in total. The number of rotatable bonds is 9. The van der Waals surface area contributed by atoms with E-state index in [1.54, 1.807) is 7.05 Å². The smallest absolute Gasteiger partial charge is 0.279 e. The lowest BCUT2D eigenvalue weighted by Crippen LogP contribution is -2.42. The lowest BCUT2D eigenvalue weighted by atomic mass is 10.3. The average molecular weight is 342 g/mol. The minimum Gasteiger partial charge on any atom is -0.314 e. The third kappa shape index (κ3) is 7.51. The van der Waals surface area contributed by atoms with Crippen molar-refractivity contribution in [1.82, 2.24) is 14.3 Å². The molecule has 1 aliphatic heterocycles. The minimum absolute atomic E-state index is 0.402. The maximum atomic E-state index is 12.1. The van der Waals surface area contributed by atoms with Gasteiger partial charge in [-0.15, -0.1) is 0 Å². The number of thioether (sulfide) groups is 2. The molecule has 0 bridgehead atoms. The Balaban J connectivity index is 2.23. The first-order chi connectivity index (χ1) is 9.42. The van der Waals surface area contributed by atoms with E-state index in [4.69, 9.17) is 0 Å². The van der Waals surface area contributed by atoms with Crippen molar-refractivity contribution in [2.24, 2.45) is 0 Å². The van der Waals surface area contributed by atoms with E-state index in [-0.39, 0.29) is 0 Å². The van der Waals surface area contributed by atoms with Gasteiger partial charge in [-0.25, -0.2) is 4.72 Å². The largest absolute Gasteiger partial charge is 0.314 e. The van der Waals surface area contributed by atoms with Crippen molar-refractivity contribution < 1.29 is 8.42 Å². The summed E-state index contributed by atoms with van der Waals surface area (Å²) in [6, 6.07) is 0.441. The fraction of sp³-hybridized carbons (Fsp3) is 1.00. The van der Waals surface area contributed by atoms with Crippen LogP contribution in [0.25, 0.3) is 0 Å². The Kier molecular flexibility index (Phi) is 8.85. The molecule has 1 atom stereocenters. The first kappa shape index (κ1) is 18.6. The molecule has 0 aliphatic carbocycles. The topological polar surface area (TPSA) is 61.4 Å². The van der Waals surface area contributed by atoms with Gasteiger partial charge in [-0.2, -0.15) is 36.2 Å². The van der Waals surface area contributed by atoms with Crippen molar-refractivity contribution >= 4 is 33.7 Å². The number of hydrogen-bond acceptors (Lipinski definition) is 5. The van der Waals surface area contributed by atoms with Crippen LogP contribution in [0.4, 0.5) is 0 Å². The maximum absolute atomic E-state index is 12.1. The van der Waals surface area contributed by atoms with Crippen LogP contribution in [0.15, 0.2) is 0 Å². The molecule has 0 radical (unpaired) electrons. The molecule has 0 aromatic heterocycles. The van der Waals surface area contributed by atoms with Gasteiger partial charge in [0.25, 0.3) is 10.2 Å². The van der Waals surface area contributed by atoms with E-state index in [9.17, 15) is 8.42 Å². The van der Waals surface area contributed by atoms with Gasteiger partial charge in [0.2, 0.25) is 0 Å². The Morgan fingerprint density at radius 1 is 1.35 bits per heavy atom. The van der Waals surface area contributed by atoms with Gasteiger partial charge in [0.15, 0.2) is 0 Å². The fourth-order valence-electron chi connectivity index (χ4n) is 1.78. The minimum atomic E-state index is -3.33. The van der Waals surface area contributed by atoms with Crippen molar-refractivity contribution in [1.29, 1.82) is 0 Å². The second-order valence-corrected chi connectivity index (χ2v) is 9.63. The third-order valence-corrected chi connectivity index (χ3v) is 7.37. The molecule has 1 aliphatic rings. The lowest BCUT2D eigenvalue weighted by molar-refractivity contribution is 0.439. The summed E-state index contributed by atoms with van der Waals surface area (Å²) in [6.07, 6.45) is 0.823. The summed E-state index contributed by atoms with van der Waals surface area (Å²) in [5, 5.41) is 3.69. The number of nitrogens with zero attached hydrogens (tertiary/aromatic N) is 1. The first-order valence-electron chi connectivity index (χ1n) is 7.05. The SMILES string of the molecule is CC(C)NCCCN(C)S(=O)(=O)NCC1CSCCS1. The van der Waals surface area contributed by atoms with Crippen LogP contribution in [-0.4, -0.2) is 68.0 Å². The Hall–Kier alpha value is 0.530. The van der Waals surface area contributed by atoms with Crippen molar-refractivity contribution in [2.75, 3.05) is 43.9 Å². The van der Waals surface area contributed by atoms with Crippen molar-refractivity contribution in [3.8, 4) is 0 Å². The van der Waals surface area contributed by atoms with E-state index < -0.39 is 10.2 Å². The monoisotopic (exact) mass is 341 g/mol. The quantitative estimate of drug-likeness (QED) is 0.613. The molecular weight excluding hydrogens is 314 g/mol. The van der Waals surface area contributed by atoms with Crippen LogP contribution in [0, 0.1) is 0 Å². The summed E-state index contributed by atoms with van der Waals surface area (Å²) >= 11 is 3.77. The first-order valence-corrected chi connectivity index (χ1v) is 10.7. The highest BCUT2D eigenvalue weighted by Gasteiger charge is 2.20. The van der Waals surface area contributed by atoms with Crippen LogP contribution < -0.4 is 10.0 Å². The van der Waals surface area contributed by atoms with Gasteiger partial charge in [0, 0.05) is 48.7 Å². The summed E-state index contributed by atoms with van der Waals surface area (Å²) in [7, 11) is -1.69. The predicted octanol–water partition coefficient (Wildman–Crippen LogP) is 0.989. The predicted molar refractivity (Wildman–Crippen MR) is 90.9 cm³/mol. The van der Waals surface area contributed by atoms with Gasteiger partial charge in [0.1, 0.15) is 0 Å². The van der Waals surface area contributed by atoms with Crippen molar-refractivity contribution in [3.05, 3.63) is 0 Å². The van der Waals surface area contributed by atoms with Crippen LogP contribution in [0.1, 0.15) is 20.3 Å². The third-order valence-electron chi connectivity index (χ3n) is 2.99. The highest BCUT2D eigenvalue weighted by Crippen LogP contribution is 2.23. The summed E-state index contributed by atoms with van der Waals surface area (Å²) in [6.45, 7) is 6.09. The highest BCUT2D eigenvalue weighted by atomic mass is 32.2. The molecule has 1 saturated heterocycles. The van der Waals surface area contributed by atoms with Crippen LogP contribution >= 0.6 is 23.5 Å². The molecule has 1 heterocycles. The second kappa shape index (κ2) is 9.53. The summed E-state index contributed by atoms with van der Waals surface area (Å²) in [5.74, 6) is 3.33. The molecule has 0 amide bonds. The zero-order valence-electron chi connectivity index (χ0n) is 12.6. The lowest BCUT2D eigenvalue weighted by Gasteiger charge is -2.23. The molecule has 1 unspecified atom stereocenters. The van der Waals surface area contributed by atoms with E-state index >= 15 is 0 Å². The average Bonchev–Trinajstić information content (AvgIpc) is 2.42. The zero-order chi connectivity index (χ0) is 15.0. The Labute approximate surface area is 132 Å². The van der Waals surface area contributed by atoms with Crippen molar-refractivity contribution in [2.45, 2.75) is 31.6 Å². The molecular formula is C12H27N3O2S3. The Morgan fingerprint density at radius 2 is 2.10 bits per heavy atom. The van der Waals surface area contributed by atoms with E-state index in [2.05, 4.69) is 23.9 Å². The Morgan fingerprint density at radius 3 is 2.70 bits per heavy atom. The van der Waals surface area contributed by atoms with Crippen LogP contribution in [0.2, 0.25) is 0 Å². The second-order valence-electron chi connectivity index (χ2n) is 5.21. The summed E-state index contributed by atoms with van der Waals surface area (Å²) in [4.78, 5) is 0. The maximum Gasteiger partial charge on any atom is 0.279 e. The van der Waals surface area contributed by atoms with Crippen LogP contribution in [0.5, 0.6) is 0 Å². The van der Waals surface area contributed by atoms with Gasteiger partial charge < -0.3 is 5.32 Å².